The van der Waals surface area contributed by atoms with Crippen LogP contribution in [0.4, 0.5) is 26.2 Å². The molecule has 122 valence electrons. The van der Waals surface area contributed by atoms with Gasteiger partial charge >= 0.3 is 0 Å². The lowest BCUT2D eigenvalue weighted by Gasteiger charge is -2.34. The van der Waals surface area contributed by atoms with Crippen molar-refractivity contribution in [2.75, 3.05) is 42.9 Å². The van der Waals surface area contributed by atoms with Crippen LogP contribution < -0.4 is 10.2 Å². The molecule has 0 atom stereocenters. The summed E-state index contributed by atoms with van der Waals surface area (Å²) in [4.78, 5) is 13.2. The van der Waals surface area contributed by atoms with E-state index >= 15 is 0 Å². The van der Waals surface area contributed by atoms with Crippen LogP contribution in [0.2, 0.25) is 0 Å². The molecule has 1 fully saturated rings. The van der Waals surface area contributed by atoms with Gasteiger partial charge in [-0.3, -0.25) is 0 Å². The molecule has 0 spiro atoms. The molecule has 0 amide bonds. The van der Waals surface area contributed by atoms with Crippen LogP contribution in [0.25, 0.3) is 0 Å². The molecule has 5 nitrogen and oxygen atoms in total. The second kappa shape index (κ2) is 6.87. The normalized spacial score (nSPS) is 15.7. The van der Waals surface area contributed by atoms with Gasteiger partial charge in [0.25, 0.3) is 0 Å². The highest BCUT2D eigenvalue weighted by atomic mass is 19.2. The summed E-state index contributed by atoms with van der Waals surface area (Å²) in [7, 11) is 0. The summed E-state index contributed by atoms with van der Waals surface area (Å²) in [5.41, 5.74) is 0.414. The van der Waals surface area contributed by atoms with Gasteiger partial charge in [-0.1, -0.05) is 6.92 Å². The number of nitrogens with one attached hydrogen (secondary N) is 1. The van der Waals surface area contributed by atoms with Crippen LogP contribution in [0, 0.1) is 11.6 Å². The number of piperazine rings is 1. The topological polar surface area (TPSA) is 44.3 Å². The van der Waals surface area contributed by atoms with Gasteiger partial charge in [0.05, 0.1) is 0 Å². The number of hydrogen-bond acceptors (Lipinski definition) is 5. The average Bonchev–Trinajstić information content (AvgIpc) is 2.58. The lowest BCUT2D eigenvalue weighted by Crippen LogP contribution is -2.46. The molecule has 2 aromatic rings. The van der Waals surface area contributed by atoms with E-state index in [4.69, 9.17) is 0 Å². The Labute approximate surface area is 134 Å². The highest BCUT2D eigenvalue weighted by Gasteiger charge is 2.17. The number of anilines is 3. The van der Waals surface area contributed by atoms with Gasteiger partial charge in [0.2, 0.25) is 5.95 Å². The van der Waals surface area contributed by atoms with Crippen LogP contribution in [-0.4, -0.2) is 47.6 Å². The first-order valence-electron chi connectivity index (χ1n) is 7.68. The molecule has 0 unspecified atom stereocenters. The summed E-state index contributed by atoms with van der Waals surface area (Å²) >= 11 is 0. The van der Waals surface area contributed by atoms with E-state index in [1.807, 2.05) is 6.07 Å². The molecule has 1 saturated heterocycles. The summed E-state index contributed by atoms with van der Waals surface area (Å²) < 4.78 is 26.2. The minimum atomic E-state index is -0.901. The first-order chi connectivity index (χ1) is 11.2. The smallest absolute Gasteiger partial charge is 0.229 e. The largest absolute Gasteiger partial charge is 0.354 e. The number of aromatic nitrogens is 2. The van der Waals surface area contributed by atoms with Gasteiger partial charge in [-0.05, 0) is 24.7 Å². The molecule has 0 saturated carbocycles. The summed E-state index contributed by atoms with van der Waals surface area (Å²) in [5.74, 6) is -0.576. The van der Waals surface area contributed by atoms with Crippen LogP contribution in [0.3, 0.4) is 0 Å². The van der Waals surface area contributed by atoms with Crippen molar-refractivity contribution in [2.45, 2.75) is 6.92 Å². The van der Waals surface area contributed by atoms with Crippen molar-refractivity contribution in [3.63, 3.8) is 0 Å². The van der Waals surface area contributed by atoms with Crippen LogP contribution >= 0.6 is 0 Å². The molecule has 1 aromatic heterocycles. The maximum absolute atomic E-state index is 13.3. The third-order valence-electron chi connectivity index (χ3n) is 3.96. The fourth-order valence-electron chi connectivity index (χ4n) is 2.58. The fraction of sp³-hybridized carbons (Fsp3) is 0.375. The van der Waals surface area contributed by atoms with Crippen molar-refractivity contribution < 1.29 is 8.78 Å². The fourth-order valence-corrected chi connectivity index (χ4v) is 2.58. The second-order valence-corrected chi connectivity index (χ2v) is 5.41. The minimum Gasteiger partial charge on any atom is -0.354 e. The molecule has 7 heteroatoms. The third kappa shape index (κ3) is 3.73. The Bertz CT molecular complexity index is 671. The second-order valence-electron chi connectivity index (χ2n) is 5.41. The van der Waals surface area contributed by atoms with Crippen LogP contribution in [0.5, 0.6) is 0 Å². The van der Waals surface area contributed by atoms with Crippen LogP contribution in [0.1, 0.15) is 6.92 Å². The molecule has 0 aliphatic carbocycles. The predicted octanol–water partition coefficient (Wildman–Crippen LogP) is 2.64. The summed E-state index contributed by atoms with van der Waals surface area (Å²) in [6, 6.07) is 5.48. The van der Waals surface area contributed by atoms with Gasteiger partial charge in [0, 0.05) is 44.1 Å². The number of nitrogens with zero attached hydrogens (tertiary/aromatic N) is 4. The molecule has 1 aliphatic rings. The monoisotopic (exact) mass is 319 g/mol. The van der Waals surface area contributed by atoms with E-state index in [0.29, 0.717) is 11.6 Å². The minimum absolute atomic E-state index is 0.367. The molecule has 1 N–H and O–H groups in total. The van der Waals surface area contributed by atoms with E-state index in [2.05, 4.69) is 32.0 Å². The van der Waals surface area contributed by atoms with Gasteiger partial charge in [-0.25, -0.2) is 13.8 Å². The van der Waals surface area contributed by atoms with E-state index in [-0.39, 0.29) is 0 Å². The number of benzene rings is 1. The Hall–Kier alpha value is -2.28. The van der Waals surface area contributed by atoms with Gasteiger partial charge < -0.3 is 15.1 Å². The van der Waals surface area contributed by atoms with E-state index in [0.717, 1.165) is 50.7 Å². The average molecular weight is 319 g/mol. The molecule has 1 aromatic carbocycles. The molecule has 2 heterocycles. The SMILES string of the molecule is CCN1CCN(c2ccnc(Nc3ccc(F)c(F)c3)n2)CC1. The number of likely N-dealkylation sites (N-methyl/N-ethyl adjacent to an activating group) is 1. The van der Waals surface area contributed by atoms with Crippen LogP contribution in [0.15, 0.2) is 30.5 Å². The van der Waals surface area contributed by atoms with Crippen molar-refractivity contribution in [3.05, 3.63) is 42.1 Å². The number of rotatable bonds is 4. The number of halogens is 2. The Balaban J connectivity index is 1.71. The van der Waals surface area contributed by atoms with Gasteiger partial charge in [0.1, 0.15) is 5.82 Å². The van der Waals surface area contributed by atoms with Crippen molar-refractivity contribution in [1.29, 1.82) is 0 Å². The molecular weight excluding hydrogens is 300 g/mol. The lowest BCUT2D eigenvalue weighted by atomic mass is 10.3. The van der Waals surface area contributed by atoms with Gasteiger partial charge in [-0.2, -0.15) is 4.98 Å². The standard InChI is InChI=1S/C16H19F2N5/c1-2-22-7-9-23(10-8-22)15-5-6-19-16(21-15)20-12-3-4-13(17)14(18)11-12/h3-6,11H,2,7-10H2,1H3,(H,19,20,21). The van der Waals surface area contributed by atoms with Crippen molar-refractivity contribution >= 4 is 17.5 Å². The lowest BCUT2D eigenvalue weighted by molar-refractivity contribution is 0.270. The molecule has 0 bridgehead atoms. The highest BCUT2D eigenvalue weighted by Crippen LogP contribution is 2.19. The molecule has 23 heavy (non-hydrogen) atoms. The van der Waals surface area contributed by atoms with E-state index in [1.54, 1.807) is 6.20 Å². The maximum atomic E-state index is 13.3. The molecule has 1 aliphatic heterocycles. The van der Waals surface area contributed by atoms with E-state index in [9.17, 15) is 8.78 Å². The van der Waals surface area contributed by atoms with Crippen molar-refractivity contribution in [2.24, 2.45) is 0 Å². The maximum Gasteiger partial charge on any atom is 0.229 e. The Morgan fingerprint density at radius 2 is 1.87 bits per heavy atom. The Morgan fingerprint density at radius 1 is 1.09 bits per heavy atom. The summed E-state index contributed by atoms with van der Waals surface area (Å²) in [5, 5.41) is 2.91. The zero-order chi connectivity index (χ0) is 16.2. The summed E-state index contributed by atoms with van der Waals surface area (Å²) in [6.45, 7) is 7.05. The third-order valence-corrected chi connectivity index (χ3v) is 3.96. The first-order valence-corrected chi connectivity index (χ1v) is 7.68. The van der Waals surface area contributed by atoms with Gasteiger partial charge in [-0.15, -0.1) is 0 Å². The van der Waals surface area contributed by atoms with E-state index in [1.165, 1.54) is 6.07 Å². The quantitative estimate of drug-likeness (QED) is 0.938. The Kier molecular flexibility index (Phi) is 4.66. The van der Waals surface area contributed by atoms with Crippen molar-refractivity contribution in [1.82, 2.24) is 14.9 Å². The van der Waals surface area contributed by atoms with Gasteiger partial charge in [0.15, 0.2) is 11.6 Å². The van der Waals surface area contributed by atoms with E-state index < -0.39 is 11.6 Å². The first kappa shape index (κ1) is 15.6. The molecule has 3 rings (SSSR count). The molecular formula is C16H19F2N5. The van der Waals surface area contributed by atoms with Crippen molar-refractivity contribution in [3.8, 4) is 0 Å². The van der Waals surface area contributed by atoms with Crippen LogP contribution in [-0.2, 0) is 0 Å². The summed E-state index contributed by atoms with van der Waals surface area (Å²) in [6.07, 6.45) is 1.66. The zero-order valence-electron chi connectivity index (χ0n) is 13.0. The molecule has 0 radical (unpaired) electrons. The highest BCUT2D eigenvalue weighted by molar-refractivity contribution is 5.55. The predicted molar refractivity (Wildman–Crippen MR) is 86.0 cm³/mol. The number of hydrogen-bond donors (Lipinski definition) is 1. The Morgan fingerprint density at radius 3 is 2.57 bits per heavy atom. The zero-order valence-corrected chi connectivity index (χ0v) is 13.0.